The SMILES string of the molecule is COc1ccc(-c2noc(C(C)N)n2)cc1Br. The average molecular weight is 298 g/mol. The Morgan fingerprint density at radius 1 is 1.47 bits per heavy atom. The van der Waals surface area contributed by atoms with Crippen molar-refractivity contribution in [1.82, 2.24) is 10.1 Å². The van der Waals surface area contributed by atoms with Crippen LogP contribution in [0.15, 0.2) is 27.2 Å². The Hall–Kier alpha value is -1.40. The van der Waals surface area contributed by atoms with Crippen LogP contribution in [0, 0.1) is 0 Å². The summed E-state index contributed by atoms with van der Waals surface area (Å²) < 4.78 is 11.0. The molecular weight excluding hydrogens is 286 g/mol. The second kappa shape index (κ2) is 4.85. The highest BCUT2D eigenvalue weighted by Crippen LogP contribution is 2.29. The van der Waals surface area contributed by atoms with Crippen LogP contribution in [0.1, 0.15) is 18.9 Å². The van der Waals surface area contributed by atoms with Crippen LogP contribution in [0.25, 0.3) is 11.4 Å². The van der Waals surface area contributed by atoms with E-state index in [1.165, 1.54) is 0 Å². The summed E-state index contributed by atoms with van der Waals surface area (Å²) in [6.45, 7) is 1.79. The Kier molecular flexibility index (Phi) is 3.44. The van der Waals surface area contributed by atoms with Crippen LogP contribution < -0.4 is 10.5 Å². The summed E-state index contributed by atoms with van der Waals surface area (Å²) in [5.74, 6) is 1.69. The molecular formula is C11H12BrN3O2. The number of nitrogens with two attached hydrogens (primary N) is 1. The minimum atomic E-state index is -0.266. The van der Waals surface area contributed by atoms with Gasteiger partial charge in [0.25, 0.3) is 0 Å². The third kappa shape index (κ3) is 2.48. The van der Waals surface area contributed by atoms with Crippen LogP contribution in [0.4, 0.5) is 0 Å². The molecule has 1 atom stereocenters. The van der Waals surface area contributed by atoms with Gasteiger partial charge in [-0.1, -0.05) is 5.16 Å². The lowest BCUT2D eigenvalue weighted by molar-refractivity contribution is 0.362. The number of hydrogen-bond donors (Lipinski definition) is 1. The summed E-state index contributed by atoms with van der Waals surface area (Å²) in [4.78, 5) is 4.21. The Bertz CT molecular complexity index is 525. The first kappa shape index (κ1) is 12.1. The lowest BCUT2D eigenvalue weighted by Crippen LogP contribution is -2.04. The number of halogens is 1. The minimum absolute atomic E-state index is 0.266. The van der Waals surface area contributed by atoms with Gasteiger partial charge >= 0.3 is 0 Å². The molecule has 17 heavy (non-hydrogen) atoms. The number of methoxy groups -OCH3 is 1. The standard InChI is InChI=1S/C11H12BrN3O2/c1-6(13)11-14-10(15-17-11)7-3-4-9(16-2)8(12)5-7/h3-6H,13H2,1-2H3. The summed E-state index contributed by atoms with van der Waals surface area (Å²) in [6, 6.07) is 5.30. The van der Waals surface area contributed by atoms with Gasteiger partial charge in [0.05, 0.1) is 17.6 Å². The van der Waals surface area contributed by atoms with E-state index in [0.717, 1.165) is 15.8 Å². The van der Waals surface area contributed by atoms with Crippen molar-refractivity contribution in [2.75, 3.05) is 7.11 Å². The van der Waals surface area contributed by atoms with Gasteiger partial charge in [-0.3, -0.25) is 0 Å². The van der Waals surface area contributed by atoms with Crippen LogP contribution >= 0.6 is 15.9 Å². The van der Waals surface area contributed by atoms with Gasteiger partial charge in [-0.25, -0.2) is 0 Å². The number of hydrogen-bond acceptors (Lipinski definition) is 5. The van der Waals surface area contributed by atoms with Gasteiger partial charge in [0.2, 0.25) is 11.7 Å². The molecule has 0 aliphatic carbocycles. The number of rotatable bonds is 3. The van der Waals surface area contributed by atoms with Crippen LogP contribution in [-0.4, -0.2) is 17.3 Å². The molecule has 5 nitrogen and oxygen atoms in total. The van der Waals surface area contributed by atoms with Gasteiger partial charge in [0.15, 0.2) is 0 Å². The van der Waals surface area contributed by atoms with E-state index in [0.29, 0.717) is 11.7 Å². The molecule has 0 fully saturated rings. The first-order valence-corrected chi connectivity index (χ1v) is 5.84. The van der Waals surface area contributed by atoms with Gasteiger partial charge in [-0.2, -0.15) is 4.98 Å². The van der Waals surface area contributed by atoms with Crippen LogP contribution in [-0.2, 0) is 0 Å². The van der Waals surface area contributed by atoms with Crippen LogP contribution in [0.3, 0.4) is 0 Å². The first-order valence-electron chi connectivity index (χ1n) is 5.05. The Morgan fingerprint density at radius 3 is 2.76 bits per heavy atom. The van der Waals surface area contributed by atoms with Crippen molar-refractivity contribution in [3.8, 4) is 17.1 Å². The normalized spacial score (nSPS) is 12.5. The molecule has 1 heterocycles. The van der Waals surface area contributed by atoms with E-state index >= 15 is 0 Å². The van der Waals surface area contributed by atoms with Crippen molar-refractivity contribution in [2.24, 2.45) is 5.73 Å². The van der Waals surface area contributed by atoms with Crippen molar-refractivity contribution in [2.45, 2.75) is 13.0 Å². The summed E-state index contributed by atoms with van der Waals surface area (Å²) >= 11 is 3.40. The molecule has 1 aromatic carbocycles. The highest BCUT2D eigenvalue weighted by Gasteiger charge is 2.12. The molecule has 2 rings (SSSR count). The van der Waals surface area contributed by atoms with Crippen molar-refractivity contribution in [3.05, 3.63) is 28.6 Å². The maximum atomic E-state index is 5.66. The van der Waals surface area contributed by atoms with Crippen molar-refractivity contribution in [1.29, 1.82) is 0 Å². The molecule has 0 amide bonds. The number of nitrogens with zero attached hydrogens (tertiary/aromatic N) is 2. The van der Waals surface area contributed by atoms with Gasteiger partial charge in [-0.05, 0) is 41.1 Å². The molecule has 0 saturated heterocycles. The third-order valence-electron chi connectivity index (χ3n) is 2.24. The van der Waals surface area contributed by atoms with Gasteiger partial charge in [0.1, 0.15) is 5.75 Å². The molecule has 1 aromatic heterocycles. The molecule has 90 valence electrons. The van der Waals surface area contributed by atoms with E-state index < -0.39 is 0 Å². The minimum Gasteiger partial charge on any atom is -0.496 e. The highest BCUT2D eigenvalue weighted by atomic mass is 79.9. The highest BCUT2D eigenvalue weighted by molar-refractivity contribution is 9.10. The summed E-state index contributed by atoms with van der Waals surface area (Å²) in [5.41, 5.74) is 6.50. The molecule has 0 bridgehead atoms. The zero-order valence-electron chi connectivity index (χ0n) is 9.48. The molecule has 0 spiro atoms. The fourth-order valence-corrected chi connectivity index (χ4v) is 1.88. The third-order valence-corrected chi connectivity index (χ3v) is 2.86. The van der Waals surface area contributed by atoms with E-state index in [9.17, 15) is 0 Å². The Balaban J connectivity index is 2.36. The van der Waals surface area contributed by atoms with Gasteiger partial charge < -0.3 is 15.0 Å². The van der Waals surface area contributed by atoms with Crippen LogP contribution in [0.2, 0.25) is 0 Å². The van der Waals surface area contributed by atoms with Crippen molar-refractivity contribution in [3.63, 3.8) is 0 Å². The van der Waals surface area contributed by atoms with Crippen LogP contribution in [0.5, 0.6) is 5.75 Å². The maximum Gasteiger partial charge on any atom is 0.243 e. The van der Waals surface area contributed by atoms with Gasteiger partial charge in [0, 0.05) is 5.56 Å². The maximum absolute atomic E-state index is 5.66. The quantitative estimate of drug-likeness (QED) is 0.942. The predicted molar refractivity (Wildman–Crippen MR) is 66.6 cm³/mol. The topological polar surface area (TPSA) is 74.2 Å². The van der Waals surface area contributed by atoms with Crippen molar-refractivity contribution >= 4 is 15.9 Å². The molecule has 0 aliphatic heterocycles. The van der Waals surface area contributed by atoms with Crippen molar-refractivity contribution < 1.29 is 9.26 Å². The fourth-order valence-electron chi connectivity index (χ4n) is 1.34. The smallest absolute Gasteiger partial charge is 0.243 e. The molecule has 2 N–H and O–H groups in total. The molecule has 1 unspecified atom stereocenters. The molecule has 2 aromatic rings. The monoisotopic (exact) mass is 297 g/mol. The van der Waals surface area contributed by atoms with Gasteiger partial charge in [-0.15, -0.1) is 0 Å². The Morgan fingerprint density at radius 2 is 2.24 bits per heavy atom. The largest absolute Gasteiger partial charge is 0.496 e. The fraction of sp³-hybridized carbons (Fsp3) is 0.273. The molecule has 0 radical (unpaired) electrons. The number of benzene rings is 1. The lowest BCUT2D eigenvalue weighted by Gasteiger charge is -2.03. The van der Waals surface area contributed by atoms with E-state index in [4.69, 9.17) is 15.0 Å². The number of aromatic nitrogens is 2. The molecule has 0 saturated carbocycles. The first-order chi connectivity index (χ1) is 8.11. The summed E-state index contributed by atoms with van der Waals surface area (Å²) in [6.07, 6.45) is 0. The zero-order valence-corrected chi connectivity index (χ0v) is 11.1. The average Bonchev–Trinajstić information content (AvgIpc) is 2.78. The molecule has 6 heteroatoms. The summed E-state index contributed by atoms with van der Waals surface area (Å²) in [5, 5.41) is 3.88. The molecule has 0 aliphatic rings. The predicted octanol–water partition coefficient (Wildman–Crippen LogP) is 2.53. The summed E-state index contributed by atoms with van der Waals surface area (Å²) in [7, 11) is 1.61. The zero-order chi connectivity index (χ0) is 12.4. The van der Waals surface area contributed by atoms with E-state index in [1.54, 1.807) is 14.0 Å². The van der Waals surface area contributed by atoms with E-state index in [1.807, 2.05) is 18.2 Å². The van der Waals surface area contributed by atoms with E-state index in [-0.39, 0.29) is 6.04 Å². The van der Waals surface area contributed by atoms with E-state index in [2.05, 4.69) is 26.1 Å². The second-order valence-electron chi connectivity index (χ2n) is 3.59. The second-order valence-corrected chi connectivity index (χ2v) is 4.45. The Labute approximate surface area is 107 Å². The number of ether oxygens (including phenoxy) is 1. The lowest BCUT2D eigenvalue weighted by atomic mass is 10.2.